The van der Waals surface area contributed by atoms with Crippen molar-refractivity contribution in [1.29, 1.82) is 0 Å². The van der Waals surface area contributed by atoms with Crippen LogP contribution in [-0.2, 0) is 6.42 Å². The zero-order valence-electron chi connectivity index (χ0n) is 19.4. The van der Waals surface area contributed by atoms with E-state index in [4.69, 9.17) is 17.0 Å². The Morgan fingerprint density at radius 2 is 1.59 bits per heavy atom. The highest BCUT2D eigenvalue weighted by molar-refractivity contribution is 7.80. The molecule has 2 N–H and O–H groups in total. The van der Waals surface area contributed by atoms with Crippen molar-refractivity contribution in [2.45, 2.75) is 20.3 Å². The van der Waals surface area contributed by atoms with E-state index in [1.807, 2.05) is 38.1 Å². The molecular weight excluding hydrogens is 446 g/mol. The van der Waals surface area contributed by atoms with Gasteiger partial charge in [0.2, 0.25) is 0 Å². The van der Waals surface area contributed by atoms with E-state index >= 15 is 0 Å². The SMILES string of the molecule is CCN(CC)C(=O)c1ccc(NC(=S)NC(=O)c2cccc(OCCc3ccccc3)c2)cc1. The summed E-state index contributed by atoms with van der Waals surface area (Å²) in [6.45, 7) is 5.73. The van der Waals surface area contributed by atoms with Gasteiger partial charge in [0.15, 0.2) is 5.11 Å². The molecule has 34 heavy (non-hydrogen) atoms. The van der Waals surface area contributed by atoms with Crippen LogP contribution in [-0.4, -0.2) is 41.5 Å². The lowest BCUT2D eigenvalue weighted by Crippen LogP contribution is -2.34. The van der Waals surface area contributed by atoms with E-state index in [9.17, 15) is 9.59 Å². The number of thiocarbonyl (C=S) groups is 1. The third kappa shape index (κ3) is 7.15. The summed E-state index contributed by atoms with van der Waals surface area (Å²) in [5.74, 6) is 0.272. The Labute approximate surface area is 205 Å². The van der Waals surface area contributed by atoms with Crippen molar-refractivity contribution >= 4 is 34.8 Å². The fraction of sp³-hybridized carbons (Fsp3) is 0.222. The van der Waals surface area contributed by atoms with Gasteiger partial charge in [-0.3, -0.25) is 14.9 Å². The predicted octanol–water partition coefficient (Wildman–Crippen LogP) is 4.92. The van der Waals surface area contributed by atoms with Crippen LogP contribution in [0.15, 0.2) is 78.9 Å². The van der Waals surface area contributed by atoms with Crippen molar-refractivity contribution in [3.8, 4) is 5.75 Å². The Morgan fingerprint density at radius 3 is 2.26 bits per heavy atom. The van der Waals surface area contributed by atoms with E-state index in [2.05, 4.69) is 22.8 Å². The highest BCUT2D eigenvalue weighted by Gasteiger charge is 2.13. The van der Waals surface area contributed by atoms with Crippen molar-refractivity contribution in [3.05, 3.63) is 95.6 Å². The van der Waals surface area contributed by atoms with Gasteiger partial charge in [-0.1, -0.05) is 36.4 Å². The van der Waals surface area contributed by atoms with Crippen LogP contribution >= 0.6 is 12.2 Å². The maximum Gasteiger partial charge on any atom is 0.257 e. The summed E-state index contributed by atoms with van der Waals surface area (Å²) in [5.41, 5.74) is 2.92. The van der Waals surface area contributed by atoms with Gasteiger partial charge in [0.05, 0.1) is 6.61 Å². The summed E-state index contributed by atoms with van der Waals surface area (Å²) in [6, 6.07) is 24.1. The maximum absolute atomic E-state index is 12.6. The first kappa shape index (κ1) is 24.9. The average molecular weight is 476 g/mol. The van der Waals surface area contributed by atoms with Gasteiger partial charge in [0.1, 0.15) is 5.75 Å². The molecule has 0 aliphatic rings. The van der Waals surface area contributed by atoms with Gasteiger partial charge in [-0.15, -0.1) is 0 Å². The Bertz CT molecular complexity index is 1110. The molecule has 7 heteroatoms. The number of nitrogens with zero attached hydrogens (tertiary/aromatic N) is 1. The smallest absolute Gasteiger partial charge is 0.257 e. The fourth-order valence-electron chi connectivity index (χ4n) is 3.39. The van der Waals surface area contributed by atoms with Crippen LogP contribution in [0.25, 0.3) is 0 Å². The van der Waals surface area contributed by atoms with Gasteiger partial charge in [-0.05, 0) is 74.1 Å². The van der Waals surface area contributed by atoms with Crippen LogP contribution in [0.3, 0.4) is 0 Å². The van der Waals surface area contributed by atoms with E-state index in [1.165, 1.54) is 5.56 Å². The number of hydrogen-bond acceptors (Lipinski definition) is 4. The molecule has 0 aliphatic carbocycles. The number of carbonyl (C=O) groups is 2. The number of ether oxygens (including phenoxy) is 1. The monoisotopic (exact) mass is 475 g/mol. The molecule has 0 aliphatic heterocycles. The van der Waals surface area contributed by atoms with E-state index < -0.39 is 0 Å². The number of hydrogen-bond donors (Lipinski definition) is 2. The third-order valence-electron chi connectivity index (χ3n) is 5.27. The first-order valence-corrected chi connectivity index (χ1v) is 11.7. The van der Waals surface area contributed by atoms with E-state index in [0.717, 1.165) is 6.42 Å². The zero-order valence-corrected chi connectivity index (χ0v) is 20.2. The first-order chi connectivity index (χ1) is 16.5. The van der Waals surface area contributed by atoms with Gasteiger partial charge in [0.25, 0.3) is 11.8 Å². The molecule has 0 fully saturated rings. The third-order valence-corrected chi connectivity index (χ3v) is 5.47. The van der Waals surface area contributed by atoms with Crippen LogP contribution in [0.5, 0.6) is 5.75 Å². The van der Waals surface area contributed by atoms with Gasteiger partial charge < -0.3 is 15.0 Å². The number of anilines is 1. The van der Waals surface area contributed by atoms with Crippen LogP contribution in [0.4, 0.5) is 5.69 Å². The molecule has 3 aromatic rings. The summed E-state index contributed by atoms with van der Waals surface area (Å²) in [6.07, 6.45) is 0.782. The van der Waals surface area contributed by atoms with Gasteiger partial charge in [-0.25, -0.2) is 0 Å². The molecule has 6 nitrogen and oxygen atoms in total. The van der Waals surface area contributed by atoms with Crippen LogP contribution < -0.4 is 15.4 Å². The van der Waals surface area contributed by atoms with Crippen molar-refractivity contribution in [2.24, 2.45) is 0 Å². The minimum atomic E-state index is -0.334. The van der Waals surface area contributed by atoms with Crippen LogP contribution in [0.2, 0.25) is 0 Å². The Kier molecular flexibility index (Phi) is 9.17. The molecule has 0 aromatic heterocycles. The average Bonchev–Trinajstić information content (AvgIpc) is 2.86. The molecule has 2 amide bonds. The topological polar surface area (TPSA) is 70.7 Å². The molecule has 0 spiro atoms. The number of nitrogens with one attached hydrogen (secondary N) is 2. The predicted molar refractivity (Wildman–Crippen MR) is 139 cm³/mol. The van der Waals surface area contributed by atoms with Gasteiger partial charge in [0, 0.05) is 36.3 Å². The summed E-state index contributed by atoms with van der Waals surface area (Å²) >= 11 is 5.28. The molecular formula is C27H29N3O3S. The van der Waals surface area contributed by atoms with E-state index in [0.29, 0.717) is 42.3 Å². The minimum absolute atomic E-state index is 0.0155. The molecule has 0 heterocycles. The summed E-state index contributed by atoms with van der Waals surface area (Å²) in [7, 11) is 0. The highest BCUT2D eigenvalue weighted by atomic mass is 32.1. The van der Waals surface area contributed by atoms with Crippen molar-refractivity contribution < 1.29 is 14.3 Å². The lowest BCUT2D eigenvalue weighted by atomic mass is 10.1. The molecule has 176 valence electrons. The van der Waals surface area contributed by atoms with E-state index in [1.54, 1.807) is 47.4 Å². The number of rotatable bonds is 9. The van der Waals surface area contributed by atoms with Crippen molar-refractivity contribution in [2.75, 3.05) is 25.0 Å². The first-order valence-electron chi connectivity index (χ1n) is 11.3. The van der Waals surface area contributed by atoms with Crippen LogP contribution in [0, 0.1) is 0 Å². The normalized spacial score (nSPS) is 10.3. The molecule has 0 radical (unpaired) electrons. The highest BCUT2D eigenvalue weighted by Crippen LogP contribution is 2.15. The maximum atomic E-state index is 12.6. The van der Waals surface area contributed by atoms with Crippen molar-refractivity contribution in [1.82, 2.24) is 10.2 Å². The second-order valence-corrected chi connectivity index (χ2v) is 7.98. The largest absolute Gasteiger partial charge is 0.493 e. The summed E-state index contributed by atoms with van der Waals surface area (Å²) in [4.78, 5) is 26.8. The van der Waals surface area contributed by atoms with E-state index in [-0.39, 0.29) is 16.9 Å². The quantitative estimate of drug-likeness (QED) is 0.430. The standard InChI is InChI=1S/C27H29N3O3S/c1-3-30(4-2)26(32)21-13-15-23(16-14-21)28-27(34)29-25(31)22-11-8-12-24(19-22)33-18-17-20-9-6-5-7-10-20/h5-16,19H,3-4,17-18H2,1-2H3,(H2,28,29,31,34). The summed E-state index contributed by atoms with van der Waals surface area (Å²) < 4.78 is 5.81. The minimum Gasteiger partial charge on any atom is -0.493 e. The fourth-order valence-corrected chi connectivity index (χ4v) is 3.60. The van der Waals surface area contributed by atoms with Crippen molar-refractivity contribution in [3.63, 3.8) is 0 Å². The molecule has 3 rings (SSSR count). The Morgan fingerprint density at radius 1 is 0.882 bits per heavy atom. The molecule has 0 saturated carbocycles. The second-order valence-electron chi connectivity index (χ2n) is 7.57. The van der Waals surface area contributed by atoms with Gasteiger partial charge in [-0.2, -0.15) is 0 Å². The molecule has 0 bridgehead atoms. The molecule has 3 aromatic carbocycles. The second kappa shape index (κ2) is 12.5. The molecule has 0 saturated heterocycles. The lowest BCUT2D eigenvalue weighted by Gasteiger charge is -2.18. The molecule has 0 atom stereocenters. The number of amides is 2. The number of carbonyl (C=O) groups excluding carboxylic acids is 2. The summed E-state index contributed by atoms with van der Waals surface area (Å²) in [5, 5.41) is 5.82. The Hall–Kier alpha value is -3.71. The Balaban J connectivity index is 1.51. The molecule has 0 unspecified atom stereocenters. The lowest BCUT2D eigenvalue weighted by molar-refractivity contribution is 0.0772. The number of benzene rings is 3. The van der Waals surface area contributed by atoms with Gasteiger partial charge >= 0.3 is 0 Å². The zero-order chi connectivity index (χ0) is 24.3. The van der Waals surface area contributed by atoms with Crippen LogP contribution in [0.1, 0.15) is 40.1 Å².